The highest BCUT2D eigenvalue weighted by Crippen LogP contribution is 2.14. The number of imidazole rings is 1. The van der Waals surface area contributed by atoms with E-state index in [0.717, 1.165) is 4.57 Å². The molecular weight excluding hydrogens is 395 g/mol. The fraction of sp³-hybridized carbons (Fsp3) is 0.667. The summed E-state index contributed by atoms with van der Waals surface area (Å²) in [6, 6.07) is 0. The molecule has 0 spiro atoms. The number of hydrogen-bond donors (Lipinski definition) is 2. The van der Waals surface area contributed by atoms with Gasteiger partial charge in [0.2, 0.25) is 0 Å². The Labute approximate surface area is 139 Å². The van der Waals surface area contributed by atoms with E-state index in [1.807, 2.05) is 11.8 Å². The van der Waals surface area contributed by atoms with Crippen LogP contribution in [0, 0.1) is 0 Å². The Morgan fingerprint density at radius 2 is 2.38 bits per heavy atom. The van der Waals surface area contributed by atoms with Crippen LogP contribution in [0.4, 0.5) is 8.78 Å². The van der Waals surface area contributed by atoms with Crippen LogP contribution in [0.2, 0.25) is 0 Å². The molecule has 1 fully saturated rings. The Morgan fingerprint density at radius 1 is 1.62 bits per heavy atom. The number of aromatic nitrogens is 2. The summed E-state index contributed by atoms with van der Waals surface area (Å²) in [4.78, 5) is 10.1. The van der Waals surface area contributed by atoms with Gasteiger partial charge in [0.15, 0.2) is 5.96 Å². The van der Waals surface area contributed by atoms with Crippen molar-refractivity contribution in [1.82, 2.24) is 19.8 Å². The van der Waals surface area contributed by atoms with Gasteiger partial charge in [-0.25, -0.2) is 9.98 Å². The Bertz CT molecular complexity index is 468. The van der Waals surface area contributed by atoms with Gasteiger partial charge < -0.3 is 15.3 Å². The number of hydrogen-bond acceptors (Lipinski definition) is 3. The van der Waals surface area contributed by atoms with Crippen molar-refractivity contribution in [2.24, 2.45) is 4.99 Å². The first-order valence-electron chi connectivity index (χ1n) is 6.63. The monoisotopic (exact) mass is 415 g/mol. The molecule has 0 bridgehead atoms. The summed E-state index contributed by atoms with van der Waals surface area (Å²) in [5, 5.41) is 12.6. The summed E-state index contributed by atoms with van der Waals surface area (Å²) in [5.74, 6) is 0.836. The molecule has 0 amide bonds. The number of nitrogens with one attached hydrogen (secondary N) is 1. The number of guanidine groups is 1. The molecular formula is C12H20F2IN5O. The van der Waals surface area contributed by atoms with Gasteiger partial charge in [0.1, 0.15) is 12.4 Å². The third kappa shape index (κ3) is 4.77. The number of aliphatic imine (C=N–C) groups is 1. The molecule has 6 nitrogen and oxygen atoms in total. The van der Waals surface area contributed by atoms with Gasteiger partial charge in [-0.2, -0.15) is 8.78 Å². The van der Waals surface area contributed by atoms with Crippen molar-refractivity contribution in [3.05, 3.63) is 18.2 Å². The van der Waals surface area contributed by atoms with Crippen molar-refractivity contribution in [1.29, 1.82) is 0 Å². The zero-order chi connectivity index (χ0) is 14.5. The number of rotatable bonds is 4. The zero-order valence-electron chi connectivity index (χ0n) is 11.7. The van der Waals surface area contributed by atoms with Crippen LogP contribution in [0.3, 0.4) is 0 Å². The Kier molecular flexibility index (Phi) is 7.29. The second kappa shape index (κ2) is 8.47. The van der Waals surface area contributed by atoms with Gasteiger partial charge in [0, 0.05) is 32.0 Å². The average Bonchev–Trinajstić information content (AvgIpc) is 3.03. The number of likely N-dealkylation sites (tertiary alicyclic amines) is 1. The van der Waals surface area contributed by atoms with Gasteiger partial charge in [-0.15, -0.1) is 24.0 Å². The number of alkyl halides is 2. The molecule has 0 radical (unpaired) electrons. The third-order valence-electron chi connectivity index (χ3n) is 3.13. The first-order valence-corrected chi connectivity index (χ1v) is 6.63. The Balaban J connectivity index is 0.00000220. The minimum atomic E-state index is -2.61. The second-order valence-electron chi connectivity index (χ2n) is 4.59. The molecule has 1 saturated heterocycles. The summed E-state index contributed by atoms with van der Waals surface area (Å²) in [5.41, 5.74) is 0. The lowest BCUT2D eigenvalue weighted by Crippen LogP contribution is -2.40. The van der Waals surface area contributed by atoms with Crippen molar-refractivity contribution in [2.45, 2.75) is 32.5 Å². The van der Waals surface area contributed by atoms with E-state index in [-0.39, 0.29) is 42.4 Å². The smallest absolute Gasteiger partial charge is 0.319 e. The molecule has 0 saturated carbocycles. The van der Waals surface area contributed by atoms with Crippen LogP contribution in [-0.4, -0.2) is 51.3 Å². The maximum Gasteiger partial charge on any atom is 0.319 e. The molecule has 0 aromatic carbocycles. The van der Waals surface area contributed by atoms with Crippen LogP contribution >= 0.6 is 24.0 Å². The minimum Gasteiger partial charge on any atom is -0.391 e. The highest BCUT2D eigenvalue weighted by Gasteiger charge is 2.23. The Hall–Kier alpha value is -0.970. The van der Waals surface area contributed by atoms with Gasteiger partial charge in [-0.1, -0.05) is 0 Å². The molecule has 0 aliphatic carbocycles. The lowest BCUT2D eigenvalue weighted by Gasteiger charge is -2.20. The number of halogens is 3. The largest absolute Gasteiger partial charge is 0.391 e. The highest BCUT2D eigenvalue weighted by atomic mass is 127. The fourth-order valence-electron chi connectivity index (χ4n) is 2.15. The van der Waals surface area contributed by atoms with Crippen LogP contribution in [0.15, 0.2) is 17.4 Å². The van der Waals surface area contributed by atoms with E-state index in [0.29, 0.717) is 32.0 Å². The fourth-order valence-corrected chi connectivity index (χ4v) is 2.15. The van der Waals surface area contributed by atoms with Gasteiger partial charge in [-0.05, 0) is 13.3 Å². The predicted octanol–water partition coefficient (Wildman–Crippen LogP) is 1.43. The summed E-state index contributed by atoms with van der Waals surface area (Å²) < 4.78 is 26.2. The lowest BCUT2D eigenvalue weighted by molar-refractivity contribution is 0.0671. The minimum absolute atomic E-state index is 0. The molecule has 2 rings (SSSR count). The Morgan fingerprint density at radius 3 is 2.95 bits per heavy atom. The van der Waals surface area contributed by atoms with Crippen LogP contribution in [0.1, 0.15) is 25.7 Å². The van der Waals surface area contributed by atoms with Gasteiger partial charge in [-0.3, -0.25) is 4.57 Å². The third-order valence-corrected chi connectivity index (χ3v) is 3.13. The van der Waals surface area contributed by atoms with Crippen molar-refractivity contribution in [3.8, 4) is 0 Å². The van der Waals surface area contributed by atoms with Crippen LogP contribution < -0.4 is 5.32 Å². The molecule has 1 aliphatic rings. The first-order chi connectivity index (χ1) is 9.61. The number of β-amino-alcohol motifs (C(OH)–C–C–N with tert-alkyl or cyclic N) is 1. The highest BCUT2D eigenvalue weighted by molar-refractivity contribution is 14.0. The molecule has 2 N–H and O–H groups in total. The van der Waals surface area contributed by atoms with E-state index >= 15 is 0 Å². The van der Waals surface area contributed by atoms with Crippen LogP contribution in [0.25, 0.3) is 0 Å². The zero-order valence-corrected chi connectivity index (χ0v) is 14.1. The van der Waals surface area contributed by atoms with Gasteiger partial charge in [0.05, 0.1) is 6.10 Å². The molecule has 0 unspecified atom stereocenters. The molecule has 1 aliphatic heterocycles. The molecule has 21 heavy (non-hydrogen) atoms. The first kappa shape index (κ1) is 18.1. The number of aliphatic hydroxyl groups excluding tert-OH is 1. The molecule has 1 atom stereocenters. The number of nitrogens with zero attached hydrogens (tertiary/aromatic N) is 4. The molecule has 120 valence electrons. The summed E-state index contributed by atoms with van der Waals surface area (Å²) >= 11 is 0. The van der Waals surface area contributed by atoms with E-state index in [1.54, 1.807) is 0 Å². The standard InChI is InChI=1S/C12H19F2N5O.HI/c1-2-15-12(18-5-3-9(20)8-18)17-7-10-16-4-6-19(10)11(13)14;/h4,6,9,11,20H,2-3,5,7-8H2,1H3,(H,15,17);1H/t9-;/m1./s1. The van der Waals surface area contributed by atoms with E-state index in [9.17, 15) is 13.9 Å². The van der Waals surface area contributed by atoms with Crippen LogP contribution in [-0.2, 0) is 6.54 Å². The molecule has 9 heteroatoms. The lowest BCUT2D eigenvalue weighted by atomic mass is 10.3. The van der Waals surface area contributed by atoms with Crippen LogP contribution in [0.5, 0.6) is 0 Å². The number of aliphatic hydroxyl groups is 1. The van der Waals surface area contributed by atoms with Crippen molar-refractivity contribution in [3.63, 3.8) is 0 Å². The maximum atomic E-state index is 12.7. The van der Waals surface area contributed by atoms with Gasteiger partial charge >= 0.3 is 6.55 Å². The van der Waals surface area contributed by atoms with Gasteiger partial charge in [0.25, 0.3) is 0 Å². The van der Waals surface area contributed by atoms with Crippen molar-refractivity contribution >= 4 is 29.9 Å². The second-order valence-corrected chi connectivity index (χ2v) is 4.59. The summed E-state index contributed by atoms with van der Waals surface area (Å²) in [7, 11) is 0. The summed E-state index contributed by atoms with van der Waals surface area (Å²) in [6.45, 7) is 1.29. The molecule has 1 aromatic heterocycles. The average molecular weight is 415 g/mol. The van der Waals surface area contributed by atoms with E-state index in [4.69, 9.17) is 0 Å². The van der Waals surface area contributed by atoms with Crippen molar-refractivity contribution in [2.75, 3.05) is 19.6 Å². The molecule has 1 aromatic rings. The predicted molar refractivity (Wildman–Crippen MR) is 85.9 cm³/mol. The van der Waals surface area contributed by atoms with Crippen molar-refractivity contribution < 1.29 is 13.9 Å². The topological polar surface area (TPSA) is 65.7 Å². The van der Waals surface area contributed by atoms with E-state index in [1.165, 1.54) is 12.4 Å². The molecule has 2 heterocycles. The maximum absolute atomic E-state index is 12.7. The summed E-state index contributed by atoms with van der Waals surface area (Å²) in [6.07, 6.45) is 2.91. The normalized spacial score (nSPS) is 19.0. The van der Waals surface area contributed by atoms with E-state index < -0.39 is 6.55 Å². The van der Waals surface area contributed by atoms with E-state index in [2.05, 4.69) is 15.3 Å². The SMILES string of the molecule is CCNC(=NCc1nccn1C(F)F)N1CC[C@@H](O)C1.I. The quantitative estimate of drug-likeness (QED) is 0.444.